The fourth-order valence-corrected chi connectivity index (χ4v) is 3.43. The van der Waals surface area contributed by atoms with Gasteiger partial charge in [0.2, 0.25) is 5.43 Å². The minimum absolute atomic E-state index is 0.0373. The number of aromatic nitrogens is 1. The maximum Gasteiger partial charge on any atom is 0.341 e. The number of rotatable bonds is 4. The third-order valence-corrected chi connectivity index (χ3v) is 4.82. The van der Waals surface area contributed by atoms with Crippen LogP contribution in [0, 0.1) is 23.4 Å². The van der Waals surface area contributed by atoms with Crippen molar-refractivity contribution in [2.75, 3.05) is 24.5 Å². The molecule has 26 heavy (non-hydrogen) atoms. The molecule has 9 heteroatoms. The average molecular weight is 369 g/mol. The Morgan fingerprint density at radius 2 is 2.00 bits per heavy atom. The van der Waals surface area contributed by atoms with E-state index in [1.54, 1.807) is 6.92 Å². The van der Waals surface area contributed by atoms with Crippen LogP contribution in [0.2, 0.25) is 0 Å². The van der Waals surface area contributed by atoms with Gasteiger partial charge in [0.1, 0.15) is 11.3 Å². The molecule has 0 spiro atoms. The van der Waals surface area contributed by atoms with Crippen molar-refractivity contribution in [3.05, 3.63) is 39.4 Å². The van der Waals surface area contributed by atoms with E-state index in [9.17, 15) is 18.4 Å². The summed E-state index contributed by atoms with van der Waals surface area (Å²) in [5.74, 6) is -5.66. The Kier molecular flexibility index (Phi) is 4.66. The van der Waals surface area contributed by atoms with E-state index >= 15 is 4.39 Å². The lowest BCUT2D eigenvalue weighted by atomic mass is 10.1. The monoisotopic (exact) mass is 369 g/mol. The van der Waals surface area contributed by atoms with Gasteiger partial charge in [0, 0.05) is 25.8 Å². The smallest absolute Gasteiger partial charge is 0.341 e. The largest absolute Gasteiger partial charge is 0.477 e. The number of nitrogens with two attached hydrogens (primary N) is 1. The first-order valence-electron chi connectivity index (χ1n) is 8.23. The SMILES string of the molecule is CCn1cc(C(=O)O)c(=O)c2c(F)c(F)c(N3CCC(CN)C3)c(F)c21. The topological polar surface area (TPSA) is 88.6 Å². The Morgan fingerprint density at radius 1 is 1.31 bits per heavy atom. The van der Waals surface area contributed by atoms with Crippen LogP contribution < -0.4 is 16.1 Å². The zero-order valence-corrected chi connectivity index (χ0v) is 14.1. The van der Waals surface area contributed by atoms with Gasteiger partial charge in [-0.3, -0.25) is 4.79 Å². The molecule has 1 unspecified atom stereocenters. The lowest BCUT2D eigenvalue weighted by Gasteiger charge is -2.22. The van der Waals surface area contributed by atoms with Crippen LogP contribution in [-0.4, -0.2) is 35.3 Å². The van der Waals surface area contributed by atoms with Gasteiger partial charge >= 0.3 is 5.97 Å². The Morgan fingerprint density at radius 3 is 2.54 bits per heavy atom. The molecule has 1 atom stereocenters. The Labute approximate surface area is 146 Å². The fourth-order valence-electron chi connectivity index (χ4n) is 3.43. The van der Waals surface area contributed by atoms with Crippen molar-refractivity contribution in [3.8, 4) is 0 Å². The molecule has 3 N–H and O–H groups in total. The van der Waals surface area contributed by atoms with Crippen LogP contribution >= 0.6 is 0 Å². The molecule has 1 fully saturated rings. The van der Waals surface area contributed by atoms with Gasteiger partial charge in [0.05, 0.1) is 10.9 Å². The quantitative estimate of drug-likeness (QED) is 0.804. The van der Waals surface area contributed by atoms with Crippen LogP contribution in [0.4, 0.5) is 18.9 Å². The lowest BCUT2D eigenvalue weighted by molar-refractivity contribution is 0.0695. The molecule has 0 saturated carbocycles. The molecular formula is C17H18F3N3O3. The standard InChI is InChI=1S/C17H18F3N3O3/c1-2-22-7-9(17(25)26)16(24)10-11(18)12(19)15(13(20)14(10)22)23-4-3-8(5-21)6-23/h7-8H,2-6,21H2,1H3,(H,25,26). The molecule has 1 aliphatic heterocycles. The minimum atomic E-state index is -1.59. The molecule has 2 heterocycles. The highest BCUT2D eigenvalue weighted by Crippen LogP contribution is 2.35. The van der Waals surface area contributed by atoms with E-state index in [4.69, 9.17) is 10.8 Å². The van der Waals surface area contributed by atoms with E-state index in [2.05, 4.69) is 0 Å². The van der Waals surface area contributed by atoms with Crippen molar-refractivity contribution in [2.45, 2.75) is 19.9 Å². The second-order valence-corrected chi connectivity index (χ2v) is 6.31. The highest BCUT2D eigenvalue weighted by atomic mass is 19.2. The van der Waals surface area contributed by atoms with Crippen LogP contribution in [0.25, 0.3) is 10.9 Å². The number of carboxylic acid groups (broad SMARTS) is 1. The van der Waals surface area contributed by atoms with Gasteiger partial charge in [-0.05, 0) is 25.8 Å². The number of anilines is 1. The summed E-state index contributed by atoms with van der Waals surface area (Å²) in [5.41, 5.74) is 2.62. The molecule has 1 aliphatic rings. The van der Waals surface area contributed by atoms with Crippen molar-refractivity contribution < 1.29 is 23.1 Å². The van der Waals surface area contributed by atoms with E-state index in [0.29, 0.717) is 19.5 Å². The first-order valence-corrected chi connectivity index (χ1v) is 8.23. The molecule has 140 valence electrons. The maximum atomic E-state index is 15.2. The van der Waals surface area contributed by atoms with Crippen LogP contribution in [0.3, 0.4) is 0 Å². The Hall–Kier alpha value is -2.55. The van der Waals surface area contributed by atoms with Gasteiger partial charge < -0.3 is 20.3 Å². The van der Waals surface area contributed by atoms with Crippen LogP contribution in [0.1, 0.15) is 23.7 Å². The molecule has 0 amide bonds. The number of nitrogens with zero attached hydrogens (tertiary/aromatic N) is 2. The second-order valence-electron chi connectivity index (χ2n) is 6.31. The molecule has 3 rings (SSSR count). The molecular weight excluding hydrogens is 351 g/mol. The zero-order valence-electron chi connectivity index (χ0n) is 14.1. The van der Waals surface area contributed by atoms with Crippen molar-refractivity contribution in [3.63, 3.8) is 0 Å². The molecule has 1 aromatic heterocycles. The number of hydrogen-bond acceptors (Lipinski definition) is 4. The highest BCUT2D eigenvalue weighted by molar-refractivity contribution is 5.94. The zero-order chi connectivity index (χ0) is 19.2. The number of halogens is 3. The molecule has 1 saturated heterocycles. The van der Waals surface area contributed by atoms with E-state index in [1.165, 1.54) is 4.90 Å². The summed E-state index contributed by atoms with van der Waals surface area (Å²) in [6.45, 7) is 2.58. The molecule has 0 aliphatic carbocycles. The number of aryl methyl sites for hydroxylation is 1. The van der Waals surface area contributed by atoms with Crippen molar-refractivity contribution >= 4 is 22.6 Å². The van der Waals surface area contributed by atoms with Gasteiger partial charge in [0.15, 0.2) is 17.5 Å². The Bertz CT molecular complexity index is 958. The van der Waals surface area contributed by atoms with Crippen LogP contribution in [0.5, 0.6) is 0 Å². The summed E-state index contributed by atoms with van der Waals surface area (Å²) in [4.78, 5) is 24.9. The number of carboxylic acids is 1. The first kappa shape index (κ1) is 18.2. The van der Waals surface area contributed by atoms with Gasteiger partial charge in [-0.25, -0.2) is 18.0 Å². The normalized spacial score (nSPS) is 17.3. The second kappa shape index (κ2) is 6.64. The van der Waals surface area contributed by atoms with Gasteiger partial charge in [-0.2, -0.15) is 0 Å². The summed E-state index contributed by atoms with van der Waals surface area (Å²) in [7, 11) is 0. The molecule has 2 aromatic rings. The lowest BCUT2D eigenvalue weighted by Crippen LogP contribution is -2.27. The highest BCUT2D eigenvalue weighted by Gasteiger charge is 2.32. The third-order valence-electron chi connectivity index (χ3n) is 4.82. The predicted octanol–water partition coefficient (Wildman–Crippen LogP) is 1.92. The average Bonchev–Trinajstić information content (AvgIpc) is 3.08. The van der Waals surface area contributed by atoms with E-state index in [-0.39, 0.29) is 19.0 Å². The number of carbonyl (C=O) groups is 1. The summed E-state index contributed by atoms with van der Waals surface area (Å²) in [6.07, 6.45) is 1.57. The van der Waals surface area contributed by atoms with E-state index in [1.807, 2.05) is 0 Å². The summed E-state index contributed by atoms with van der Waals surface area (Å²) >= 11 is 0. The first-order chi connectivity index (χ1) is 12.3. The van der Waals surface area contributed by atoms with Gasteiger partial charge in [-0.15, -0.1) is 0 Å². The molecule has 1 aromatic carbocycles. The van der Waals surface area contributed by atoms with Gasteiger partial charge in [0.25, 0.3) is 0 Å². The predicted molar refractivity (Wildman–Crippen MR) is 90.1 cm³/mol. The van der Waals surface area contributed by atoms with Gasteiger partial charge in [-0.1, -0.05) is 0 Å². The van der Waals surface area contributed by atoms with Crippen molar-refractivity contribution in [1.29, 1.82) is 0 Å². The number of aromatic carboxylic acids is 1. The minimum Gasteiger partial charge on any atom is -0.477 e. The number of benzene rings is 1. The van der Waals surface area contributed by atoms with Crippen molar-refractivity contribution in [1.82, 2.24) is 4.57 Å². The Balaban J connectivity index is 2.36. The fraction of sp³-hybridized carbons (Fsp3) is 0.412. The van der Waals surface area contributed by atoms with E-state index < -0.39 is 51.0 Å². The van der Waals surface area contributed by atoms with Crippen LogP contribution in [0.15, 0.2) is 11.0 Å². The number of hydrogen-bond donors (Lipinski definition) is 2. The summed E-state index contributed by atoms with van der Waals surface area (Å²) < 4.78 is 45.6. The number of pyridine rings is 1. The summed E-state index contributed by atoms with van der Waals surface area (Å²) in [6, 6.07) is 0. The third kappa shape index (κ3) is 2.63. The molecule has 0 bridgehead atoms. The summed E-state index contributed by atoms with van der Waals surface area (Å²) in [5, 5.41) is 8.23. The van der Waals surface area contributed by atoms with Crippen molar-refractivity contribution in [2.24, 2.45) is 11.7 Å². The molecule has 6 nitrogen and oxygen atoms in total. The maximum absolute atomic E-state index is 15.2. The van der Waals surface area contributed by atoms with E-state index in [0.717, 1.165) is 10.8 Å². The number of fused-ring (bicyclic) bond motifs is 1. The van der Waals surface area contributed by atoms with Crippen LogP contribution in [-0.2, 0) is 6.54 Å². The molecule has 0 radical (unpaired) electrons.